The number of benzene rings is 1. The molecule has 1 atom stereocenters. The summed E-state index contributed by atoms with van der Waals surface area (Å²) in [5.74, 6) is -1.05. The summed E-state index contributed by atoms with van der Waals surface area (Å²) in [5.41, 5.74) is 0.746. The lowest BCUT2D eigenvalue weighted by Crippen LogP contribution is -2.29. The molecular formula is C14H17F2NO. The first-order chi connectivity index (χ1) is 8.61. The number of Topliss-reactive ketones (excluding diaryl/α,β-unsaturated/α-hetero) is 1. The Morgan fingerprint density at radius 1 is 1.22 bits per heavy atom. The van der Waals surface area contributed by atoms with E-state index in [1.54, 1.807) is 6.07 Å². The van der Waals surface area contributed by atoms with Gasteiger partial charge in [-0.05, 0) is 43.5 Å². The maximum Gasteiger partial charge on any atom is 0.159 e. The molecule has 2 nitrogen and oxygen atoms in total. The van der Waals surface area contributed by atoms with Crippen molar-refractivity contribution in [2.75, 3.05) is 7.05 Å². The third-order valence-corrected chi connectivity index (χ3v) is 3.67. The molecule has 98 valence electrons. The van der Waals surface area contributed by atoms with E-state index in [2.05, 4.69) is 5.32 Å². The summed E-state index contributed by atoms with van der Waals surface area (Å²) in [6.07, 6.45) is 2.80. The number of ketones is 1. The van der Waals surface area contributed by atoms with Crippen LogP contribution in [0.5, 0.6) is 0 Å². The van der Waals surface area contributed by atoms with Gasteiger partial charge in [0, 0.05) is 18.9 Å². The summed E-state index contributed by atoms with van der Waals surface area (Å²) >= 11 is 0. The minimum atomic E-state index is -0.826. The van der Waals surface area contributed by atoms with Crippen LogP contribution in [-0.2, 0) is 4.79 Å². The van der Waals surface area contributed by atoms with Crippen LogP contribution in [0.2, 0.25) is 0 Å². The average Bonchev–Trinajstić information content (AvgIpc) is 2.37. The predicted molar refractivity (Wildman–Crippen MR) is 65.1 cm³/mol. The first-order valence-corrected chi connectivity index (χ1v) is 6.25. The molecule has 1 aliphatic carbocycles. The lowest BCUT2D eigenvalue weighted by Gasteiger charge is -2.30. The third kappa shape index (κ3) is 2.75. The van der Waals surface area contributed by atoms with Gasteiger partial charge < -0.3 is 5.32 Å². The van der Waals surface area contributed by atoms with E-state index in [-0.39, 0.29) is 6.04 Å². The first-order valence-electron chi connectivity index (χ1n) is 6.25. The molecule has 0 amide bonds. The molecule has 18 heavy (non-hydrogen) atoms. The van der Waals surface area contributed by atoms with Crippen LogP contribution in [-0.4, -0.2) is 12.8 Å². The standard InChI is InChI=1S/C14H17F2NO/c1-17-14(9-2-5-11(18)6-3-9)10-4-7-12(15)13(16)8-10/h4,7-9,14,17H,2-3,5-6H2,1H3. The minimum absolute atomic E-state index is 0.0202. The van der Waals surface area contributed by atoms with E-state index in [0.29, 0.717) is 24.5 Å². The molecule has 1 fully saturated rings. The van der Waals surface area contributed by atoms with Crippen LogP contribution < -0.4 is 5.32 Å². The fourth-order valence-electron chi connectivity index (χ4n) is 2.68. The monoisotopic (exact) mass is 253 g/mol. The quantitative estimate of drug-likeness (QED) is 0.897. The van der Waals surface area contributed by atoms with Crippen LogP contribution in [0.25, 0.3) is 0 Å². The average molecular weight is 253 g/mol. The van der Waals surface area contributed by atoms with Crippen LogP contribution in [0.3, 0.4) is 0 Å². The smallest absolute Gasteiger partial charge is 0.159 e. The molecular weight excluding hydrogens is 236 g/mol. The van der Waals surface area contributed by atoms with Gasteiger partial charge in [-0.1, -0.05) is 6.07 Å². The van der Waals surface area contributed by atoms with Crippen molar-refractivity contribution in [3.63, 3.8) is 0 Å². The van der Waals surface area contributed by atoms with Crippen molar-refractivity contribution in [3.8, 4) is 0 Å². The summed E-state index contributed by atoms with van der Waals surface area (Å²) in [6, 6.07) is 3.99. The first kappa shape index (κ1) is 13.1. The molecule has 1 unspecified atom stereocenters. The number of carbonyl (C=O) groups excluding carboxylic acids is 1. The molecule has 0 bridgehead atoms. The summed E-state index contributed by atoms with van der Waals surface area (Å²) in [6.45, 7) is 0. The Morgan fingerprint density at radius 2 is 1.89 bits per heavy atom. The van der Waals surface area contributed by atoms with Crippen LogP contribution in [0.1, 0.15) is 37.3 Å². The summed E-state index contributed by atoms with van der Waals surface area (Å²) in [4.78, 5) is 11.2. The molecule has 1 aliphatic rings. The van der Waals surface area contributed by atoms with Crippen molar-refractivity contribution >= 4 is 5.78 Å². The van der Waals surface area contributed by atoms with E-state index >= 15 is 0 Å². The lowest BCUT2D eigenvalue weighted by molar-refractivity contribution is -0.121. The van der Waals surface area contributed by atoms with Gasteiger partial charge in [0.15, 0.2) is 11.6 Å². The van der Waals surface area contributed by atoms with Crippen molar-refractivity contribution in [2.45, 2.75) is 31.7 Å². The molecule has 1 saturated carbocycles. The van der Waals surface area contributed by atoms with Crippen LogP contribution >= 0.6 is 0 Å². The van der Waals surface area contributed by atoms with Gasteiger partial charge in [-0.15, -0.1) is 0 Å². The fraction of sp³-hybridized carbons (Fsp3) is 0.500. The van der Waals surface area contributed by atoms with Gasteiger partial charge >= 0.3 is 0 Å². The van der Waals surface area contributed by atoms with Gasteiger partial charge in [-0.25, -0.2) is 8.78 Å². The summed E-state index contributed by atoms with van der Waals surface area (Å²) in [5, 5.41) is 3.15. The number of carbonyl (C=O) groups is 1. The second-order valence-corrected chi connectivity index (χ2v) is 4.82. The molecule has 0 saturated heterocycles. The van der Waals surface area contributed by atoms with Gasteiger partial charge in [0.05, 0.1) is 0 Å². The van der Waals surface area contributed by atoms with Crippen LogP contribution in [0, 0.1) is 17.6 Å². The van der Waals surface area contributed by atoms with Gasteiger partial charge in [0.2, 0.25) is 0 Å². The second kappa shape index (κ2) is 5.57. The van der Waals surface area contributed by atoms with Crippen molar-refractivity contribution in [3.05, 3.63) is 35.4 Å². The van der Waals surface area contributed by atoms with Crippen LogP contribution in [0.4, 0.5) is 8.78 Å². The number of halogens is 2. The van der Waals surface area contributed by atoms with Crippen LogP contribution in [0.15, 0.2) is 18.2 Å². The Labute approximate surface area is 105 Å². The van der Waals surface area contributed by atoms with Crippen molar-refractivity contribution in [1.82, 2.24) is 5.32 Å². The summed E-state index contributed by atoms with van der Waals surface area (Å²) < 4.78 is 26.2. The zero-order valence-electron chi connectivity index (χ0n) is 10.4. The van der Waals surface area contributed by atoms with Crippen molar-refractivity contribution in [2.24, 2.45) is 5.92 Å². The fourth-order valence-corrected chi connectivity index (χ4v) is 2.68. The van der Waals surface area contributed by atoms with E-state index < -0.39 is 11.6 Å². The number of rotatable bonds is 3. The maximum absolute atomic E-state index is 13.2. The normalized spacial score (nSPS) is 18.9. The topological polar surface area (TPSA) is 29.1 Å². The molecule has 4 heteroatoms. The Balaban J connectivity index is 2.17. The molecule has 0 aliphatic heterocycles. The second-order valence-electron chi connectivity index (χ2n) is 4.82. The van der Waals surface area contributed by atoms with Crippen molar-refractivity contribution < 1.29 is 13.6 Å². The van der Waals surface area contributed by atoms with Gasteiger partial charge in [0.1, 0.15) is 5.78 Å². The third-order valence-electron chi connectivity index (χ3n) is 3.67. The highest BCUT2D eigenvalue weighted by atomic mass is 19.2. The maximum atomic E-state index is 13.2. The molecule has 2 rings (SSSR count). The number of hydrogen-bond acceptors (Lipinski definition) is 2. The van der Waals surface area contributed by atoms with Crippen molar-refractivity contribution in [1.29, 1.82) is 0 Å². The minimum Gasteiger partial charge on any atom is -0.313 e. The zero-order chi connectivity index (χ0) is 13.1. The molecule has 1 aromatic rings. The van der Waals surface area contributed by atoms with E-state index in [0.717, 1.165) is 24.5 Å². The predicted octanol–water partition coefficient (Wildman–Crippen LogP) is 2.98. The molecule has 1 aromatic carbocycles. The van der Waals surface area contributed by atoms with E-state index in [9.17, 15) is 13.6 Å². The Morgan fingerprint density at radius 3 is 2.44 bits per heavy atom. The van der Waals surface area contributed by atoms with Gasteiger partial charge in [-0.2, -0.15) is 0 Å². The van der Waals surface area contributed by atoms with Gasteiger partial charge in [0.25, 0.3) is 0 Å². The molecule has 0 radical (unpaired) electrons. The Hall–Kier alpha value is -1.29. The van der Waals surface area contributed by atoms with E-state index in [4.69, 9.17) is 0 Å². The number of nitrogens with one attached hydrogen (secondary N) is 1. The highest BCUT2D eigenvalue weighted by molar-refractivity contribution is 5.79. The molecule has 0 spiro atoms. The molecule has 0 aromatic heterocycles. The number of hydrogen-bond donors (Lipinski definition) is 1. The Kier molecular flexibility index (Phi) is 4.07. The lowest BCUT2D eigenvalue weighted by atomic mass is 9.80. The van der Waals surface area contributed by atoms with E-state index in [1.807, 2.05) is 7.05 Å². The molecule has 0 heterocycles. The van der Waals surface area contributed by atoms with E-state index in [1.165, 1.54) is 6.07 Å². The molecule has 1 N–H and O–H groups in total. The Bertz CT molecular complexity index is 437. The zero-order valence-corrected chi connectivity index (χ0v) is 10.4. The highest BCUT2D eigenvalue weighted by Gasteiger charge is 2.27. The SMILES string of the molecule is CNC(c1ccc(F)c(F)c1)C1CCC(=O)CC1. The largest absolute Gasteiger partial charge is 0.313 e. The highest BCUT2D eigenvalue weighted by Crippen LogP contribution is 2.33. The van der Waals surface area contributed by atoms with Gasteiger partial charge in [-0.3, -0.25) is 4.79 Å². The summed E-state index contributed by atoms with van der Waals surface area (Å²) in [7, 11) is 1.81.